The van der Waals surface area contributed by atoms with Crippen LogP contribution in [-0.4, -0.2) is 45.2 Å². The minimum atomic E-state index is -0.126. The third-order valence-corrected chi connectivity index (χ3v) is 6.06. The highest BCUT2D eigenvalue weighted by Crippen LogP contribution is 2.25. The van der Waals surface area contributed by atoms with Crippen molar-refractivity contribution in [2.75, 3.05) is 25.3 Å². The van der Waals surface area contributed by atoms with Crippen LogP contribution in [-0.2, 0) is 18.3 Å². The summed E-state index contributed by atoms with van der Waals surface area (Å²) in [6, 6.07) is 19.0. The van der Waals surface area contributed by atoms with Crippen molar-refractivity contribution in [3.05, 3.63) is 78.4 Å². The van der Waals surface area contributed by atoms with Gasteiger partial charge in [0.2, 0.25) is 5.91 Å². The van der Waals surface area contributed by atoms with E-state index in [4.69, 9.17) is 9.47 Å². The van der Waals surface area contributed by atoms with E-state index in [-0.39, 0.29) is 11.7 Å². The highest BCUT2D eigenvalue weighted by molar-refractivity contribution is 7.99. The van der Waals surface area contributed by atoms with Crippen molar-refractivity contribution in [2.24, 2.45) is 7.05 Å². The normalized spacial score (nSPS) is 10.8. The zero-order valence-electron chi connectivity index (χ0n) is 18.7. The summed E-state index contributed by atoms with van der Waals surface area (Å²) < 4.78 is 14.5. The number of nitrogens with zero attached hydrogens (tertiary/aromatic N) is 4. The fourth-order valence-corrected chi connectivity index (χ4v) is 4.11. The Morgan fingerprint density at radius 2 is 1.64 bits per heavy atom. The molecule has 0 unspecified atom stereocenters. The Labute approximate surface area is 196 Å². The summed E-state index contributed by atoms with van der Waals surface area (Å²) in [5, 5.41) is 12.4. The summed E-state index contributed by atoms with van der Waals surface area (Å²) in [6.07, 6.45) is 2.61. The third kappa shape index (κ3) is 5.38. The predicted octanol–water partition coefficient (Wildman–Crippen LogP) is 3.94. The zero-order valence-corrected chi connectivity index (χ0v) is 19.5. The maximum absolute atomic E-state index is 12.5. The van der Waals surface area contributed by atoms with Crippen LogP contribution < -0.4 is 14.8 Å². The minimum Gasteiger partial charge on any atom is -0.497 e. The van der Waals surface area contributed by atoms with Crippen molar-refractivity contribution in [3.8, 4) is 17.2 Å². The van der Waals surface area contributed by atoms with E-state index >= 15 is 0 Å². The number of hydrogen-bond acceptors (Lipinski definition) is 6. The lowest BCUT2D eigenvalue weighted by atomic mass is 10.2. The smallest absolute Gasteiger partial charge is 0.234 e. The van der Waals surface area contributed by atoms with Gasteiger partial charge < -0.3 is 19.4 Å². The SMILES string of the molecule is COc1ccc(NC(=O)CSc2nnc(Cc3cccn3C)n2-c2ccc(OC)cc2)cc1. The number of carbonyl (C=O) groups is 1. The number of ether oxygens (including phenoxy) is 2. The molecular formula is C24H25N5O3S. The minimum absolute atomic E-state index is 0.126. The fourth-order valence-electron chi connectivity index (χ4n) is 3.34. The van der Waals surface area contributed by atoms with Crippen LogP contribution in [0.2, 0.25) is 0 Å². The Morgan fingerprint density at radius 3 is 2.24 bits per heavy atom. The van der Waals surface area contributed by atoms with Gasteiger partial charge >= 0.3 is 0 Å². The molecule has 2 heterocycles. The van der Waals surface area contributed by atoms with Gasteiger partial charge in [0.1, 0.15) is 17.3 Å². The zero-order chi connectivity index (χ0) is 23.2. The Balaban J connectivity index is 1.53. The van der Waals surface area contributed by atoms with E-state index in [1.165, 1.54) is 11.8 Å². The monoisotopic (exact) mass is 463 g/mol. The molecule has 0 aliphatic carbocycles. The Hall–Kier alpha value is -3.72. The average Bonchev–Trinajstić information content (AvgIpc) is 3.44. The topological polar surface area (TPSA) is 83.2 Å². The first-order valence-corrected chi connectivity index (χ1v) is 11.3. The molecule has 0 spiro atoms. The summed E-state index contributed by atoms with van der Waals surface area (Å²) in [7, 11) is 5.25. The molecule has 2 aromatic carbocycles. The first-order chi connectivity index (χ1) is 16.1. The second-order valence-electron chi connectivity index (χ2n) is 7.28. The number of amides is 1. The van der Waals surface area contributed by atoms with Crippen LogP contribution >= 0.6 is 11.8 Å². The number of aromatic nitrogens is 4. The highest BCUT2D eigenvalue weighted by atomic mass is 32.2. The van der Waals surface area contributed by atoms with Crippen molar-refractivity contribution in [3.63, 3.8) is 0 Å². The molecule has 33 heavy (non-hydrogen) atoms. The van der Waals surface area contributed by atoms with Crippen LogP contribution in [0.5, 0.6) is 11.5 Å². The molecule has 0 fully saturated rings. The van der Waals surface area contributed by atoms with Gasteiger partial charge in [0.15, 0.2) is 5.16 Å². The van der Waals surface area contributed by atoms with E-state index in [1.54, 1.807) is 38.5 Å². The number of benzene rings is 2. The van der Waals surface area contributed by atoms with Crippen LogP contribution in [0.1, 0.15) is 11.5 Å². The van der Waals surface area contributed by atoms with Crippen molar-refractivity contribution >= 4 is 23.4 Å². The maximum Gasteiger partial charge on any atom is 0.234 e. The van der Waals surface area contributed by atoms with Crippen LogP contribution in [0, 0.1) is 0 Å². The van der Waals surface area contributed by atoms with Crippen molar-refractivity contribution < 1.29 is 14.3 Å². The Kier molecular flexibility index (Phi) is 6.99. The number of rotatable bonds is 9. The van der Waals surface area contributed by atoms with Crippen molar-refractivity contribution in [1.29, 1.82) is 0 Å². The van der Waals surface area contributed by atoms with E-state index in [9.17, 15) is 4.79 Å². The number of aryl methyl sites for hydroxylation is 1. The number of hydrogen-bond donors (Lipinski definition) is 1. The van der Waals surface area contributed by atoms with Gasteiger partial charge in [-0.25, -0.2) is 0 Å². The quantitative estimate of drug-likeness (QED) is 0.379. The largest absolute Gasteiger partial charge is 0.497 e. The molecule has 0 aliphatic rings. The molecule has 4 aromatic rings. The summed E-state index contributed by atoms with van der Waals surface area (Å²) in [4.78, 5) is 12.5. The van der Waals surface area contributed by atoms with E-state index in [0.29, 0.717) is 17.3 Å². The lowest BCUT2D eigenvalue weighted by Crippen LogP contribution is -2.14. The maximum atomic E-state index is 12.5. The molecule has 1 amide bonds. The molecule has 0 saturated carbocycles. The Morgan fingerprint density at radius 1 is 0.970 bits per heavy atom. The number of carbonyl (C=O) groups excluding carboxylic acids is 1. The molecule has 2 aromatic heterocycles. The van der Waals surface area contributed by atoms with E-state index < -0.39 is 0 Å². The van der Waals surface area contributed by atoms with Crippen LogP contribution in [0.4, 0.5) is 5.69 Å². The predicted molar refractivity (Wildman–Crippen MR) is 128 cm³/mol. The number of anilines is 1. The van der Waals surface area contributed by atoms with Gasteiger partial charge in [-0.3, -0.25) is 9.36 Å². The first-order valence-electron chi connectivity index (χ1n) is 10.3. The molecule has 8 nitrogen and oxygen atoms in total. The molecule has 0 saturated heterocycles. The molecule has 0 radical (unpaired) electrons. The lowest BCUT2D eigenvalue weighted by molar-refractivity contribution is -0.113. The highest BCUT2D eigenvalue weighted by Gasteiger charge is 2.17. The standard InChI is InChI=1S/C24H25N5O3S/c1-28-14-4-5-19(28)15-22-26-27-24(29(22)18-8-12-21(32-3)13-9-18)33-16-23(30)25-17-6-10-20(31-2)11-7-17/h4-14H,15-16H2,1-3H3,(H,25,30). The molecule has 0 atom stereocenters. The van der Waals surface area contributed by atoms with Gasteiger partial charge in [-0.1, -0.05) is 11.8 Å². The van der Waals surface area contributed by atoms with Crippen molar-refractivity contribution in [2.45, 2.75) is 11.6 Å². The van der Waals surface area contributed by atoms with Gasteiger partial charge in [0, 0.05) is 36.7 Å². The second-order valence-corrected chi connectivity index (χ2v) is 8.23. The molecule has 0 bridgehead atoms. The number of thioether (sulfide) groups is 1. The van der Waals surface area contributed by atoms with Gasteiger partial charge in [-0.05, 0) is 60.7 Å². The van der Waals surface area contributed by atoms with Crippen LogP contribution in [0.15, 0.2) is 72.0 Å². The molecule has 9 heteroatoms. The van der Waals surface area contributed by atoms with E-state index in [0.717, 1.165) is 28.7 Å². The van der Waals surface area contributed by atoms with Crippen molar-refractivity contribution in [1.82, 2.24) is 19.3 Å². The molecule has 0 aliphatic heterocycles. The van der Waals surface area contributed by atoms with E-state index in [1.807, 2.05) is 48.1 Å². The molecule has 170 valence electrons. The van der Waals surface area contributed by atoms with Crippen LogP contribution in [0.25, 0.3) is 5.69 Å². The fraction of sp³-hybridized carbons (Fsp3) is 0.208. The van der Waals surface area contributed by atoms with Gasteiger partial charge in [-0.15, -0.1) is 10.2 Å². The average molecular weight is 464 g/mol. The summed E-state index contributed by atoms with van der Waals surface area (Å²) in [5.74, 6) is 2.37. The van der Waals surface area contributed by atoms with Gasteiger partial charge in [0.25, 0.3) is 0 Å². The summed E-state index contributed by atoms with van der Waals surface area (Å²) in [6.45, 7) is 0. The summed E-state index contributed by atoms with van der Waals surface area (Å²) in [5.41, 5.74) is 2.73. The third-order valence-electron chi connectivity index (χ3n) is 5.13. The summed E-state index contributed by atoms with van der Waals surface area (Å²) >= 11 is 1.34. The van der Waals surface area contributed by atoms with Crippen LogP contribution in [0.3, 0.4) is 0 Å². The number of nitrogens with one attached hydrogen (secondary N) is 1. The first kappa shape index (κ1) is 22.5. The second kappa shape index (κ2) is 10.3. The molecule has 1 N–H and O–H groups in total. The van der Waals surface area contributed by atoms with Gasteiger partial charge in [-0.2, -0.15) is 0 Å². The Bertz CT molecular complexity index is 1220. The molecular weight excluding hydrogens is 438 g/mol. The lowest BCUT2D eigenvalue weighted by Gasteiger charge is -2.12. The molecule has 4 rings (SSSR count). The number of methoxy groups -OCH3 is 2. The van der Waals surface area contributed by atoms with E-state index in [2.05, 4.69) is 26.1 Å². The van der Waals surface area contributed by atoms with Gasteiger partial charge in [0.05, 0.1) is 20.0 Å².